The van der Waals surface area contributed by atoms with Crippen LogP contribution in [0.3, 0.4) is 0 Å². The minimum atomic E-state index is -0.250. The second-order valence-electron chi connectivity index (χ2n) is 4.47. The van der Waals surface area contributed by atoms with E-state index in [4.69, 9.17) is 0 Å². The number of benzene rings is 1. The van der Waals surface area contributed by atoms with E-state index >= 15 is 0 Å². The third-order valence-electron chi connectivity index (χ3n) is 3.00. The molecule has 0 bridgehead atoms. The molecule has 0 saturated carbocycles. The molecule has 1 aliphatic carbocycles. The first-order valence-electron chi connectivity index (χ1n) is 5.79. The van der Waals surface area contributed by atoms with Crippen molar-refractivity contribution in [3.05, 3.63) is 40.3 Å². The SMILES string of the molecule is CC1=C(Sc2ccc(C)cc2)[C@@H](O)CCC1. The van der Waals surface area contributed by atoms with Gasteiger partial charge in [0, 0.05) is 9.80 Å². The lowest BCUT2D eigenvalue weighted by Gasteiger charge is -2.22. The summed E-state index contributed by atoms with van der Waals surface area (Å²) in [6.07, 6.45) is 2.90. The average Bonchev–Trinajstić information content (AvgIpc) is 2.26. The van der Waals surface area contributed by atoms with Crippen molar-refractivity contribution in [2.24, 2.45) is 0 Å². The summed E-state index contributed by atoms with van der Waals surface area (Å²) in [6.45, 7) is 4.23. The smallest absolute Gasteiger partial charge is 0.0851 e. The van der Waals surface area contributed by atoms with Gasteiger partial charge in [0.15, 0.2) is 0 Å². The first-order chi connectivity index (χ1) is 7.66. The molecule has 2 rings (SSSR count). The number of aryl methyl sites for hydroxylation is 1. The van der Waals surface area contributed by atoms with Gasteiger partial charge >= 0.3 is 0 Å². The molecule has 0 amide bonds. The fourth-order valence-electron chi connectivity index (χ4n) is 1.99. The van der Waals surface area contributed by atoms with Crippen molar-refractivity contribution in [3.63, 3.8) is 0 Å². The van der Waals surface area contributed by atoms with Gasteiger partial charge in [-0.2, -0.15) is 0 Å². The summed E-state index contributed by atoms with van der Waals surface area (Å²) in [6, 6.07) is 8.49. The first-order valence-corrected chi connectivity index (χ1v) is 6.60. The van der Waals surface area contributed by atoms with Gasteiger partial charge in [0.2, 0.25) is 0 Å². The molecular formula is C14H18OS. The lowest BCUT2D eigenvalue weighted by Crippen LogP contribution is -2.14. The standard InChI is InChI=1S/C14H18OS/c1-10-6-8-12(9-7-10)16-14-11(2)4-3-5-13(14)15/h6-9,13,15H,3-5H2,1-2H3/t13-/m0/s1. The van der Waals surface area contributed by atoms with E-state index < -0.39 is 0 Å². The summed E-state index contributed by atoms with van der Waals surface area (Å²) < 4.78 is 0. The average molecular weight is 234 g/mol. The van der Waals surface area contributed by atoms with Crippen molar-refractivity contribution in [2.45, 2.75) is 44.1 Å². The summed E-state index contributed by atoms with van der Waals surface area (Å²) in [5.41, 5.74) is 2.63. The molecule has 0 radical (unpaired) electrons. The van der Waals surface area contributed by atoms with Crippen LogP contribution in [-0.4, -0.2) is 11.2 Å². The molecule has 1 nitrogen and oxygen atoms in total. The molecule has 0 saturated heterocycles. The predicted octanol–water partition coefficient (Wildman–Crippen LogP) is 3.91. The number of hydrogen-bond acceptors (Lipinski definition) is 2. The number of aliphatic hydroxyl groups excluding tert-OH is 1. The van der Waals surface area contributed by atoms with Crippen LogP contribution in [0.4, 0.5) is 0 Å². The van der Waals surface area contributed by atoms with Gasteiger partial charge in [-0.1, -0.05) is 35.0 Å². The molecule has 16 heavy (non-hydrogen) atoms. The zero-order valence-electron chi connectivity index (χ0n) is 9.86. The third-order valence-corrected chi connectivity index (χ3v) is 4.35. The van der Waals surface area contributed by atoms with Crippen molar-refractivity contribution < 1.29 is 5.11 Å². The zero-order chi connectivity index (χ0) is 11.5. The number of rotatable bonds is 2. The van der Waals surface area contributed by atoms with Gasteiger partial charge in [-0.25, -0.2) is 0 Å². The Bertz CT molecular complexity index is 392. The largest absolute Gasteiger partial charge is 0.388 e. The first kappa shape index (κ1) is 11.7. The lowest BCUT2D eigenvalue weighted by atomic mass is 9.98. The van der Waals surface area contributed by atoms with Crippen molar-refractivity contribution >= 4 is 11.8 Å². The van der Waals surface area contributed by atoms with Crippen LogP contribution in [-0.2, 0) is 0 Å². The monoisotopic (exact) mass is 234 g/mol. The van der Waals surface area contributed by atoms with Gasteiger partial charge in [0.05, 0.1) is 6.10 Å². The summed E-state index contributed by atoms with van der Waals surface area (Å²) in [4.78, 5) is 2.39. The van der Waals surface area contributed by atoms with E-state index in [2.05, 4.69) is 38.1 Å². The van der Waals surface area contributed by atoms with E-state index in [1.807, 2.05) is 0 Å². The van der Waals surface area contributed by atoms with E-state index in [1.54, 1.807) is 11.8 Å². The fourth-order valence-corrected chi connectivity index (χ4v) is 3.04. The molecule has 86 valence electrons. The molecule has 0 spiro atoms. The van der Waals surface area contributed by atoms with Crippen molar-refractivity contribution in [1.29, 1.82) is 0 Å². The summed E-state index contributed by atoms with van der Waals surface area (Å²) >= 11 is 1.72. The Hall–Kier alpha value is -0.730. The predicted molar refractivity (Wildman–Crippen MR) is 69.6 cm³/mol. The lowest BCUT2D eigenvalue weighted by molar-refractivity contribution is 0.198. The van der Waals surface area contributed by atoms with Crippen LogP contribution < -0.4 is 0 Å². The highest BCUT2D eigenvalue weighted by molar-refractivity contribution is 8.03. The van der Waals surface area contributed by atoms with Crippen LogP contribution in [0.2, 0.25) is 0 Å². The highest BCUT2D eigenvalue weighted by Gasteiger charge is 2.19. The maximum atomic E-state index is 9.98. The van der Waals surface area contributed by atoms with Crippen LogP contribution in [0, 0.1) is 6.92 Å². The maximum Gasteiger partial charge on any atom is 0.0851 e. The Morgan fingerprint density at radius 1 is 1.19 bits per heavy atom. The second kappa shape index (κ2) is 5.07. The van der Waals surface area contributed by atoms with Crippen LogP contribution in [0.15, 0.2) is 39.6 Å². The molecule has 1 N–H and O–H groups in total. The van der Waals surface area contributed by atoms with Gasteiger partial charge in [-0.05, 0) is 45.2 Å². The van der Waals surface area contributed by atoms with Gasteiger partial charge in [0.1, 0.15) is 0 Å². The number of aliphatic hydroxyl groups is 1. The van der Waals surface area contributed by atoms with Gasteiger partial charge in [0.25, 0.3) is 0 Å². The molecule has 2 heteroatoms. The van der Waals surface area contributed by atoms with Crippen LogP contribution in [0.25, 0.3) is 0 Å². The highest BCUT2D eigenvalue weighted by Crippen LogP contribution is 2.37. The van der Waals surface area contributed by atoms with Crippen LogP contribution >= 0.6 is 11.8 Å². The Balaban J connectivity index is 2.17. The minimum absolute atomic E-state index is 0.250. The molecular weight excluding hydrogens is 216 g/mol. The molecule has 1 aromatic carbocycles. The van der Waals surface area contributed by atoms with Gasteiger partial charge in [-0.15, -0.1) is 0 Å². The summed E-state index contributed by atoms with van der Waals surface area (Å²) in [7, 11) is 0. The van der Waals surface area contributed by atoms with Crippen molar-refractivity contribution in [2.75, 3.05) is 0 Å². The van der Waals surface area contributed by atoms with Crippen LogP contribution in [0.1, 0.15) is 31.7 Å². The van der Waals surface area contributed by atoms with Gasteiger partial charge < -0.3 is 5.11 Å². The van der Waals surface area contributed by atoms with E-state index in [9.17, 15) is 5.11 Å². The zero-order valence-corrected chi connectivity index (χ0v) is 10.7. The summed E-state index contributed by atoms with van der Waals surface area (Å²) in [5, 5.41) is 9.98. The quantitative estimate of drug-likeness (QED) is 0.837. The van der Waals surface area contributed by atoms with Crippen molar-refractivity contribution in [3.8, 4) is 0 Å². The Kier molecular flexibility index (Phi) is 3.72. The molecule has 0 heterocycles. The minimum Gasteiger partial charge on any atom is -0.388 e. The Labute approximate surface area is 102 Å². The van der Waals surface area contributed by atoms with E-state index in [0.29, 0.717) is 0 Å². The van der Waals surface area contributed by atoms with Gasteiger partial charge in [-0.3, -0.25) is 0 Å². The Morgan fingerprint density at radius 3 is 2.50 bits per heavy atom. The fraction of sp³-hybridized carbons (Fsp3) is 0.429. The maximum absolute atomic E-state index is 9.98. The van der Waals surface area contributed by atoms with E-state index in [0.717, 1.165) is 24.2 Å². The molecule has 1 atom stereocenters. The van der Waals surface area contributed by atoms with E-state index in [-0.39, 0.29) is 6.10 Å². The summed E-state index contributed by atoms with van der Waals surface area (Å²) in [5.74, 6) is 0. The highest BCUT2D eigenvalue weighted by atomic mass is 32.2. The molecule has 0 fully saturated rings. The molecule has 0 aromatic heterocycles. The number of thioether (sulfide) groups is 1. The molecule has 1 aromatic rings. The normalized spacial score (nSPS) is 21.3. The number of hydrogen-bond donors (Lipinski definition) is 1. The topological polar surface area (TPSA) is 20.2 Å². The van der Waals surface area contributed by atoms with E-state index in [1.165, 1.54) is 16.0 Å². The number of allylic oxidation sites excluding steroid dienone is 1. The third kappa shape index (κ3) is 2.69. The molecule has 0 aliphatic heterocycles. The Morgan fingerprint density at radius 2 is 1.88 bits per heavy atom. The van der Waals surface area contributed by atoms with Crippen molar-refractivity contribution in [1.82, 2.24) is 0 Å². The molecule has 0 unspecified atom stereocenters. The molecule has 1 aliphatic rings. The van der Waals surface area contributed by atoms with Crippen LogP contribution in [0.5, 0.6) is 0 Å². The second-order valence-corrected chi connectivity index (χ2v) is 5.58.